The molecular formula is C17H15NO4. The Balaban J connectivity index is 2.09. The Morgan fingerprint density at radius 3 is 2.68 bits per heavy atom. The van der Waals surface area contributed by atoms with Gasteiger partial charge in [0.1, 0.15) is 0 Å². The molecule has 2 aromatic rings. The fourth-order valence-electron chi connectivity index (χ4n) is 2.98. The number of hydrogen-bond donors (Lipinski definition) is 0. The highest BCUT2D eigenvalue weighted by Crippen LogP contribution is 2.41. The third kappa shape index (κ3) is 2.24. The maximum atomic E-state index is 12.6. The number of carbonyl (C=O) groups excluding carboxylic acids is 1. The molecule has 0 amide bonds. The maximum absolute atomic E-state index is 12.6. The van der Waals surface area contributed by atoms with Crippen LogP contribution in [-0.4, -0.2) is 17.3 Å². The first-order valence-corrected chi connectivity index (χ1v) is 7.15. The molecule has 5 nitrogen and oxygen atoms in total. The van der Waals surface area contributed by atoms with E-state index in [2.05, 4.69) is 0 Å². The lowest BCUT2D eigenvalue weighted by atomic mass is 9.93. The summed E-state index contributed by atoms with van der Waals surface area (Å²) in [7, 11) is 0. The Kier molecular flexibility index (Phi) is 3.63. The highest BCUT2D eigenvalue weighted by molar-refractivity contribution is 6.05. The molecule has 112 valence electrons. The summed E-state index contributed by atoms with van der Waals surface area (Å²) in [5.74, 6) is -0.362. The quantitative estimate of drug-likeness (QED) is 0.639. The van der Waals surface area contributed by atoms with Gasteiger partial charge in [-0.25, -0.2) is 0 Å². The predicted octanol–water partition coefficient (Wildman–Crippen LogP) is 3.52. The number of nitro groups is 1. The highest BCUT2D eigenvalue weighted by atomic mass is 16.6. The molecule has 1 atom stereocenters. The molecule has 0 aliphatic heterocycles. The van der Waals surface area contributed by atoms with Gasteiger partial charge in [-0.2, -0.15) is 0 Å². The van der Waals surface area contributed by atoms with Gasteiger partial charge in [-0.15, -0.1) is 0 Å². The first-order valence-electron chi connectivity index (χ1n) is 7.15. The number of nitro benzene ring substituents is 1. The second-order valence-electron chi connectivity index (χ2n) is 5.16. The van der Waals surface area contributed by atoms with Crippen LogP contribution in [0.5, 0.6) is 5.75 Å². The van der Waals surface area contributed by atoms with E-state index >= 15 is 0 Å². The molecule has 22 heavy (non-hydrogen) atoms. The number of nitrogens with zero attached hydrogens (tertiary/aromatic N) is 1. The van der Waals surface area contributed by atoms with Crippen LogP contribution >= 0.6 is 0 Å². The summed E-state index contributed by atoms with van der Waals surface area (Å²) in [5.41, 5.74) is 1.92. The Hall–Kier alpha value is -2.69. The molecule has 0 radical (unpaired) electrons. The normalized spacial score (nSPS) is 16.4. The predicted molar refractivity (Wildman–Crippen MR) is 81.5 cm³/mol. The van der Waals surface area contributed by atoms with Crippen molar-refractivity contribution < 1.29 is 14.5 Å². The van der Waals surface area contributed by atoms with E-state index in [-0.39, 0.29) is 17.2 Å². The number of carbonyl (C=O) groups is 1. The van der Waals surface area contributed by atoms with Crippen LogP contribution < -0.4 is 4.74 Å². The minimum atomic E-state index is -0.516. The average molecular weight is 297 g/mol. The number of rotatable bonds is 4. The van der Waals surface area contributed by atoms with Crippen molar-refractivity contribution in [2.24, 2.45) is 0 Å². The maximum Gasteiger partial charge on any atom is 0.314 e. The lowest BCUT2D eigenvalue weighted by Crippen LogP contribution is -2.10. The molecule has 1 aliphatic rings. The Morgan fingerprint density at radius 1 is 1.23 bits per heavy atom. The molecule has 2 aromatic carbocycles. The van der Waals surface area contributed by atoms with E-state index < -0.39 is 10.8 Å². The van der Waals surface area contributed by atoms with Gasteiger partial charge in [-0.05, 0) is 25.0 Å². The molecule has 1 aliphatic carbocycles. The summed E-state index contributed by atoms with van der Waals surface area (Å²) < 4.78 is 5.36. The van der Waals surface area contributed by atoms with Gasteiger partial charge in [0.25, 0.3) is 0 Å². The number of para-hydroxylation sites is 1. The average Bonchev–Trinajstić information content (AvgIpc) is 2.85. The minimum absolute atomic E-state index is 0.0626. The fourth-order valence-corrected chi connectivity index (χ4v) is 2.98. The van der Waals surface area contributed by atoms with Gasteiger partial charge in [0.05, 0.1) is 17.4 Å². The lowest BCUT2D eigenvalue weighted by molar-refractivity contribution is -0.386. The first kappa shape index (κ1) is 14.3. The van der Waals surface area contributed by atoms with Crippen LogP contribution in [-0.2, 0) is 6.42 Å². The molecule has 5 heteroatoms. The zero-order chi connectivity index (χ0) is 15.7. The molecule has 0 heterocycles. The van der Waals surface area contributed by atoms with E-state index in [1.165, 1.54) is 0 Å². The van der Waals surface area contributed by atoms with Gasteiger partial charge < -0.3 is 4.74 Å². The molecular weight excluding hydrogens is 282 g/mol. The van der Waals surface area contributed by atoms with Crippen LogP contribution in [0.2, 0.25) is 0 Å². The van der Waals surface area contributed by atoms with Crippen molar-refractivity contribution in [3.05, 3.63) is 69.3 Å². The van der Waals surface area contributed by atoms with E-state index in [0.29, 0.717) is 24.2 Å². The Morgan fingerprint density at radius 2 is 2.00 bits per heavy atom. The number of fused-ring (bicyclic) bond motifs is 1. The summed E-state index contributed by atoms with van der Waals surface area (Å²) in [4.78, 5) is 23.6. The first-order chi connectivity index (χ1) is 10.6. The van der Waals surface area contributed by atoms with Gasteiger partial charge >= 0.3 is 5.69 Å². The van der Waals surface area contributed by atoms with Gasteiger partial charge in [0.2, 0.25) is 0 Å². The molecule has 0 N–H and O–H groups in total. The van der Waals surface area contributed by atoms with E-state index in [1.807, 2.05) is 18.2 Å². The Labute approximate surface area is 127 Å². The molecule has 3 rings (SSSR count). The molecule has 0 aromatic heterocycles. The summed E-state index contributed by atoms with van der Waals surface area (Å²) in [6, 6.07) is 12.3. The van der Waals surface area contributed by atoms with E-state index in [0.717, 1.165) is 5.56 Å². The van der Waals surface area contributed by atoms with Crippen molar-refractivity contribution in [1.82, 2.24) is 0 Å². The summed E-state index contributed by atoms with van der Waals surface area (Å²) in [5, 5.41) is 11.5. The largest absolute Gasteiger partial charge is 0.487 e. The van der Waals surface area contributed by atoms with Gasteiger partial charge in [0, 0.05) is 11.1 Å². The number of ether oxygens (including phenoxy) is 1. The molecule has 1 unspecified atom stereocenters. The monoisotopic (exact) mass is 297 g/mol. The summed E-state index contributed by atoms with van der Waals surface area (Å²) >= 11 is 0. The van der Waals surface area contributed by atoms with Gasteiger partial charge in [0.15, 0.2) is 11.5 Å². The Bertz CT molecular complexity index is 754. The SMILES string of the molecule is CCOc1cccc(C2Cc3ccccc3C2=O)c1[N+](=O)[O-]. The van der Waals surface area contributed by atoms with Crippen molar-refractivity contribution in [2.45, 2.75) is 19.3 Å². The molecule has 0 fully saturated rings. The second kappa shape index (κ2) is 5.60. The van der Waals surface area contributed by atoms with Crippen LogP contribution in [0.4, 0.5) is 5.69 Å². The van der Waals surface area contributed by atoms with Crippen LogP contribution in [0.3, 0.4) is 0 Å². The second-order valence-corrected chi connectivity index (χ2v) is 5.16. The highest BCUT2D eigenvalue weighted by Gasteiger charge is 2.36. The van der Waals surface area contributed by atoms with Crippen molar-refractivity contribution in [3.8, 4) is 5.75 Å². The van der Waals surface area contributed by atoms with Crippen molar-refractivity contribution in [1.29, 1.82) is 0 Å². The van der Waals surface area contributed by atoms with Crippen LogP contribution in [0.15, 0.2) is 42.5 Å². The zero-order valence-corrected chi connectivity index (χ0v) is 12.1. The van der Waals surface area contributed by atoms with Crippen molar-refractivity contribution >= 4 is 11.5 Å². The third-order valence-electron chi connectivity index (χ3n) is 3.91. The standard InChI is InChI=1S/C17H15NO4/c1-2-22-15-9-5-8-13(16(15)18(20)21)14-10-11-6-3-4-7-12(11)17(14)19/h3-9,14H,2,10H2,1H3. The van der Waals surface area contributed by atoms with Crippen molar-refractivity contribution in [3.63, 3.8) is 0 Å². The van der Waals surface area contributed by atoms with E-state index in [9.17, 15) is 14.9 Å². The third-order valence-corrected chi connectivity index (χ3v) is 3.91. The van der Waals surface area contributed by atoms with Gasteiger partial charge in [-0.1, -0.05) is 36.4 Å². The fraction of sp³-hybridized carbons (Fsp3) is 0.235. The topological polar surface area (TPSA) is 69.4 Å². The zero-order valence-electron chi connectivity index (χ0n) is 12.1. The van der Waals surface area contributed by atoms with Crippen molar-refractivity contribution in [2.75, 3.05) is 6.61 Å². The van der Waals surface area contributed by atoms with E-state index in [1.54, 1.807) is 31.2 Å². The van der Waals surface area contributed by atoms with Gasteiger partial charge in [-0.3, -0.25) is 14.9 Å². The minimum Gasteiger partial charge on any atom is -0.487 e. The molecule has 0 bridgehead atoms. The van der Waals surface area contributed by atoms with Crippen LogP contribution in [0.1, 0.15) is 34.3 Å². The van der Waals surface area contributed by atoms with Crippen LogP contribution in [0, 0.1) is 10.1 Å². The molecule has 0 saturated heterocycles. The summed E-state index contributed by atoms with van der Waals surface area (Å²) in [6.07, 6.45) is 0.491. The number of ketones is 1. The number of Topliss-reactive ketones (excluding diaryl/α,β-unsaturated/α-hetero) is 1. The number of hydrogen-bond acceptors (Lipinski definition) is 4. The number of benzene rings is 2. The van der Waals surface area contributed by atoms with E-state index in [4.69, 9.17) is 4.74 Å². The smallest absolute Gasteiger partial charge is 0.314 e. The molecule has 0 spiro atoms. The summed E-state index contributed by atoms with van der Waals surface area (Å²) in [6.45, 7) is 2.11. The lowest BCUT2D eigenvalue weighted by Gasteiger charge is -2.12. The van der Waals surface area contributed by atoms with Crippen LogP contribution in [0.25, 0.3) is 0 Å². The molecule has 0 saturated carbocycles.